The smallest absolute Gasteiger partial charge is 0.340 e. The number of esters is 2. The molecule has 214 valence electrons. The number of aromatic nitrogens is 1. The summed E-state index contributed by atoms with van der Waals surface area (Å²) in [7, 11) is 0. The molecule has 0 bridgehead atoms. The van der Waals surface area contributed by atoms with Crippen LogP contribution in [0.4, 0.5) is 0 Å². The summed E-state index contributed by atoms with van der Waals surface area (Å²) >= 11 is 3.50. The van der Waals surface area contributed by atoms with Gasteiger partial charge in [-0.15, -0.1) is 0 Å². The molecule has 2 aliphatic rings. The highest BCUT2D eigenvalue weighted by atomic mass is 79.9. The summed E-state index contributed by atoms with van der Waals surface area (Å²) in [6, 6.07) is 13.9. The van der Waals surface area contributed by atoms with Gasteiger partial charge in [0.1, 0.15) is 5.75 Å². The molecule has 2 heterocycles. The number of rotatable bonds is 8. The van der Waals surface area contributed by atoms with Gasteiger partial charge in [-0.3, -0.25) is 9.69 Å². The van der Waals surface area contributed by atoms with Gasteiger partial charge in [0, 0.05) is 23.7 Å². The third-order valence-corrected chi connectivity index (χ3v) is 9.30. The van der Waals surface area contributed by atoms with Gasteiger partial charge in [0.25, 0.3) is 0 Å². The minimum atomic E-state index is -0.676. The van der Waals surface area contributed by atoms with E-state index in [1.54, 1.807) is 6.07 Å². The lowest BCUT2D eigenvalue weighted by molar-refractivity contribution is -0.152. The van der Waals surface area contributed by atoms with Crippen molar-refractivity contribution >= 4 is 38.8 Å². The Morgan fingerprint density at radius 1 is 1.00 bits per heavy atom. The van der Waals surface area contributed by atoms with Crippen molar-refractivity contribution in [2.75, 3.05) is 26.3 Å². The zero-order chi connectivity index (χ0) is 28.3. The van der Waals surface area contributed by atoms with Crippen LogP contribution in [-0.2, 0) is 26.2 Å². The molecule has 2 aromatic carbocycles. The monoisotopic (exact) mass is 610 g/mol. The number of hydrogen-bond acceptors (Lipinski definition) is 6. The van der Waals surface area contributed by atoms with Gasteiger partial charge in [0.2, 0.25) is 0 Å². The molecule has 3 aromatic rings. The zero-order valence-corrected chi connectivity index (χ0v) is 25.0. The van der Waals surface area contributed by atoms with Crippen molar-refractivity contribution in [3.63, 3.8) is 0 Å². The standard InChI is InChI=1S/C32H39BrN2O5/c1-3-39-30(37)29-24-19-28(36)25(33)20-26(24)35(23-13-9-6-10-14-23)27(29)21-34-17-15-32(16-18-34,31(38)40-4-2)22-11-7-5-8-12-22/h5,7-8,11-12,19-20,23,36H,3-4,6,9-10,13-18,21H2,1-2H3. The Bertz CT molecular complexity index is 1350. The molecular formula is C32H39BrN2O5. The van der Waals surface area contributed by atoms with Crippen molar-refractivity contribution in [3.05, 3.63) is 63.8 Å². The summed E-state index contributed by atoms with van der Waals surface area (Å²) < 4.78 is 14.1. The van der Waals surface area contributed by atoms with Crippen LogP contribution >= 0.6 is 15.9 Å². The van der Waals surface area contributed by atoms with Crippen molar-refractivity contribution < 1.29 is 24.2 Å². The summed E-state index contributed by atoms with van der Waals surface area (Å²) in [4.78, 5) is 29.1. The number of fused-ring (bicyclic) bond motifs is 1. The number of phenolic OH excluding ortho intramolecular Hbond substituents is 1. The van der Waals surface area contributed by atoms with Crippen molar-refractivity contribution in [3.8, 4) is 5.75 Å². The van der Waals surface area contributed by atoms with E-state index in [4.69, 9.17) is 9.47 Å². The molecule has 1 aliphatic carbocycles. The van der Waals surface area contributed by atoms with Crippen LogP contribution in [0.1, 0.15) is 86.5 Å². The average molecular weight is 612 g/mol. The lowest BCUT2D eigenvalue weighted by Gasteiger charge is -2.40. The maximum absolute atomic E-state index is 13.5. The molecule has 2 fully saturated rings. The fourth-order valence-electron chi connectivity index (χ4n) is 6.66. The summed E-state index contributed by atoms with van der Waals surface area (Å²) in [6.45, 7) is 6.24. The highest BCUT2D eigenvalue weighted by molar-refractivity contribution is 9.10. The predicted molar refractivity (Wildman–Crippen MR) is 159 cm³/mol. The zero-order valence-electron chi connectivity index (χ0n) is 23.5. The predicted octanol–water partition coefficient (Wildman–Crippen LogP) is 6.89. The van der Waals surface area contributed by atoms with Gasteiger partial charge in [0.15, 0.2) is 0 Å². The Morgan fingerprint density at radius 3 is 2.33 bits per heavy atom. The van der Waals surface area contributed by atoms with Crippen LogP contribution < -0.4 is 0 Å². The van der Waals surface area contributed by atoms with Crippen molar-refractivity contribution in [1.29, 1.82) is 0 Å². The SMILES string of the molecule is CCOC(=O)c1c(CN2CCC(C(=O)OCC)(c3ccccc3)CC2)n(C2CCCCC2)c2cc(Br)c(O)cc12. The first-order valence-corrected chi connectivity index (χ1v) is 15.4. The largest absolute Gasteiger partial charge is 0.507 e. The van der Waals surface area contributed by atoms with E-state index in [-0.39, 0.29) is 30.3 Å². The first kappa shape index (κ1) is 28.7. The van der Waals surface area contributed by atoms with E-state index >= 15 is 0 Å². The maximum atomic E-state index is 13.5. The molecule has 0 atom stereocenters. The van der Waals surface area contributed by atoms with E-state index in [0.717, 1.165) is 47.8 Å². The number of phenols is 1. The van der Waals surface area contributed by atoms with E-state index in [1.165, 1.54) is 6.42 Å². The number of piperidine rings is 1. The van der Waals surface area contributed by atoms with E-state index in [0.29, 0.717) is 49.1 Å². The number of aromatic hydroxyl groups is 1. The molecule has 1 saturated carbocycles. The maximum Gasteiger partial charge on any atom is 0.340 e. The quantitative estimate of drug-likeness (QED) is 0.280. The second-order valence-electron chi connectivity index (χ2n) is 11.0. The first-order chi connectivity index (χ1) is 19.4. The fraction of sp³-hybridized carbons (Fsp3) is 0.500. The first-order valence-electron chi connectivity index (χ1n) is 14.6. The fourth-order valence-corrected chi connectivity index (χ4v) is 6.99. The Morgan fingerprint density at radius 2 is 1.68 bits per heavy atom. The molecule has 1 saturated heterocycles. The summed E-state index contributed by atoms with van der Waals surface area (Å²) in [5, 5.41) is 11.3. The van der Waals surface area contributed by atoms with Crippen LogP contribution in [0.25, 0.3) is 10.9 Å². The highest BCUT2D eigenvalue weighted by Crippen LogP contribution is 2.42. The molecule has 1 N–H and O–H groups in total. The van der Waals surface area contributed by atoms with E-state index < -0.39 is 5.41 Å². The van der Waals surface area contributed by atoms with Crippen LogP contribution in [-0.4, -0.2) is 52.8 Å². The molecule has 0 unspecified atom stereocenters. The molecule has 0 amide bonds. The van der Waals surface area contributed by atoms with E-state index in [2.05, 4.69) is 25.4 Å². The molecule has 8 heteroatoms. The summed E-state index contributed by atoms with van der Waals surface area (Å²) in [5.74, 6) is -0.420. The van der Waals surface area contributed by atoms with Gasteiger partial charge in [-0.25, -0.2) is 4.79 Å². The molecular weight excluding hydrogens is 572 g/mol. The van der Waals surface area contributed by atoms with Gasteiger partial charge < -0.3 is 19.1 Å². The molecule has 5 rings (SSSR count). The van der Waals surface area contributed by atoms with E-state index in [1.807, 2.05) is 50.2 Å². The minimum Gasteiger partial charge on any atom is -0.507 e. The van der Waals surface area contributed by atoms with Gasteiger partial charge in [-0.2, -0.15) is 0 Å². The molecule has 40 heavy (non-hydrogen) atoms. The Labute approximate surface area is 244 Å². The number of halogens is 1. The van der Waals surface area contributed by atoms with Crippen LogP contribution in [0, 0.1) is 0 Å². The van der Waals surface area contributed by atoms with Gasteiger partial charge in [-0.1, -0.05) is 49.6 Å². The number of nitrogens with zero attached hydrogens (tertiary/aromatic N) is 2. The summed E-state index contributed by atoms with van der Waals surface area (Å²) in [6.07, 6.45) is 6.92. The van der Waals surface area contributed by atoms with Gasteiger partial charge in [-0.05, 0) is 86.2 Å². The van der Waals surface area contributed by atoms with Crippen molar-refractivity contribution in [2.24, 2.45) is 0 Å². The topological polar surface area (TPSA) is 81.0 Å². The Balaban J connectivity index is 1.54. The third-order valence-electron chi connectivity index (χ3n) is 8.67. The molecule has 1 aliphatic heterocycles. The van der Waals surface area contributed by atoms with Gasteiger partial charge in [0.05, 0.1) is 34.2 Å². The normalized spacial score (nSPS) is 18.1. The minimum absolute atomic E-state index is 0.102. The van der Waals surface area contributed by atoms with Crippen molar-refractivity contribution in [2.45, 2.75) is 76.8 Å². The second-order valence-corrected chi connectivity index (χ2v) is 11.8. The van der Waals surface area contributed by atoms with Crippen LogP contribution in [0.3, 0.4) is 0 Å². The molecule has 0 spiro atoms. The lowest BCUT2D eigenvalue weighted by atomic mass is 9.72. The molecule has 1 aromatic heterocycles. The van der Waals surface area contributed by atoms with Crippen LogP contribution in [0.2, 0.25) is 0 Å². The molecule has 0 radical (unpaired) electrons. The highest BCUT2D eigenvalue weighted by Gasteiger charge is 2.44. The Hall–Kier alpha value is -2.84. The third kappa shape index (κ3) is 5.40. The number of benzene rings is 2. The van der Waals surface area contributed by atoms with Gasteiger partial charge >= 0.3 is 11.9 Å². The number of ether oxygens (including phenoxy) is 2. The van der Waals surface area contributed by atoms with Crippen LogP contribution in [0.5, 0.6) is 5.75 Å². The van der Waals surface area contributed by atoms with E-state index in [9.17, 15) is 14.7 Å². The lowest BCUT2D eigenvalue weighted by Crippen LogP contribution is -2.48. The second kappa shape index (κ2) is 12.4. The number of hydrogen-bond donors (Lipinski definition) is 1. The number of carbonyl (C=O) groups is 2. The average Bonchev–Trinajstić information content (AvgIpc) is 3.27. The van der Waals surface area contributed by atoms with Crippen LogP contribution in [0.15, 0.2) is 46.9 Å². The summed E-state index contributed by atoms with van der Waals surface area (Å²) in [5.41, 5.74) is 2.73. The number of carbonyl (C=O) groups excluding carboxylic acids is 2. The Kier molecular flexibility index (Phi) is 8.86. The molecule has 7 nitrogen and oxygen atoms in total. The number of likely N-dealkylation sites (tertiary alicyclic amines) is 1. The van der Waals surface area contributed by atoms with Crippen molar-refractivity contribution in [1.82, 2.24) is 9.47 Å².